The van der Waals surface area contributed by atoms with Gasteiger partial charge in [0, 0.05) is 14.5 Å². The Morgan fingerprint density at radius 2 is 1.96 bits per heavy atom. The summed E-state index contributed by atoms with van der Waals surface area (Å²) >= 11 is 6.84. The van der Waals surface area contributed by atoms with E-state index in [1.807, 2.05) is 30.3 Å². The molecule has 0 radical (unpaired) electrons. The zero-order valence-corrected chi connectivity index (χ0v) is 15.4. The van der Waals surface area contributed by atoms with Gasteiger partial charge in [-0.15, -0.1) is 0 Å². The van der Waals surface area contributed by atoms with Crippen LogP contribution in [0, 0.1) is 11.3 Å². The Bertz CT molecular complexity index is 740. The standard InChI is InChI=1S/C16H13Br2N3O2/c1-22-15-8-11(14(18)9-16(15)23-7-6-19)10-20-21-13-4-2-12(17)3-5-13/h2-5,8-10,21H,7H2,1H3/b20-10-. The van der Waals surface area contributed by atoms with E-state index < -0.39 is 0 Å². The lowest BCUT2D eigenvalue weighted by Gasteiger charge is -2.10. The van der Waals surface area contributed by atoms with E-state index >= 15 is 0 Å². The van der Waals surface area contributed by atoms with Gasteiger partial charge in [0.15, 0.2) is 18.1 Å². The zero-order valence-electron chi connectivity index (χ0n) is 12.2. The van der Waals surface area contributed by atoms with Crippen molar-refractivity contribution in [1.82, 2.24) is 0 Å². The molecule has 0 heterocycles. The molecule has 0 unspecified atom stereocenters. The molecular weight excluding hydrogens is 426 g/mol. The number of halogens is 2. The minimum Gasteiger partial charge on any atom is -0.493 e. The maximum atomic E-state index is 8.60. The molecule has 2 aromatic rings. The number of hydrogen-bond acceptors (Lipinski definition) is 5. The first-order valence-electron chi connectivity index (χ1n) is 6.56. The Kier molecular flexibility index (Phi) is 6.44. The first kappa shape index (κ1) is 17.3. The molecule has 0 amide bonds. The number of benzene rings is 2. The van der Waals surface area contributed by atoms with Gasteiger partial charge in [0.05, 0.1) is 19.0 Å². The minimum absolute atomic E-state index is 0.0403. The van der Waals surface area contributed by atoms with E-state index in [4.69, 9.17) is 14.7 Å². The van der Waals surface area contributed by atoms with Crippen molar-refractivity contribution in [3.05, 3.63) is 50.9 Å². The van der Waals surface area contributed by atoms with Crippen molar-refractivity contribution in [3.8, 4) is 17.6 Å². The molecule has 7 heteroatoms. The summed E-state index contributed by atoms with van der Waals surface area (Å²) in [5.74, 6) is 1.03. The first-order chi connectivity index (χ1) is 11.1. The molecule has 5 nitrogen and oxygen atoms in total. The topological polar surface area (TPSA) is 66.6 Å². The summed E-state index contributed by atoms with van der Waals surface area (Å²) in [6.45, 7) is -0.0403. The van der Waals surface area contributed by atoms with Crippen LogP contribution in [0.5, 0.6) is 11.5 Å². The normalized spacial score (nSPS) is 10.3. The molecule has 0 aromatic heterocycles. The first-order valence-corrected chi connectivity index (χ1v) is 8.14. The molecule has 0 aliphatic heterocycles. The van der Waals surface area contributed by atoms with E-state index in [1.54, 1.807) is 25.5 Å². The van der Waals surface area contributed by atoms with Crippen LogP contribution in [0.1, 0.15) is 5.56 Å². The van der Waals surface area contributed by atoms with Gasteiger partial charge in [-0.05, 0) is 52.3 Å². The van der Waals surface area contributed by atoms with Crippen LogP contribution in [-0.2, 0) is 0 Å². The number of anilines is 1. The van der Waals surface area contributed by atoms with E-state index in [2.05, 4.69) is 42.4 Å². The van der Waals surface area contributed by atoms with Crippen LogP contribution in [0.4, 0.5) is 5.69 Å². The second-order valence-electron chi connectivity index (χ2n) is 4.35. The van der Waals surface area contributed by atoms with Crippen molar-refractivity contribution in [2.75, 3.05) is 19.1 Å². The molecule has 1 N–H and O–H groups in total. The van der Waals surface area contributed by atoms with Gasteiger partial charge < -0.3 is 9.47 Å². The van der Waals surface area contributed by atoms with Crippen LogP contribution in [0.15, 0.2) is 50.4 Å². The highest BCUT2D eigenvalue weighted by atomic mass is 79.9. The smallest absolute Gasteiger partial charge is 0.174 e. The Hall–Kier alpha value is -2.04. The molecule has 0 fully saturated rings. The van der Waals surface area contributed by atoms with Crippen molar-refractivity contribution in [2.45, 2.75) is 0 Å². The van der Waals surface area contributed by atoms with Gasteiger partial charge in [-0.1, -0.05) is 15.9 Å². The third-order valence-corrected chi connectivity index (χ3v) is 4.03. The Labute approximate surface area is 151 Å². The fourth-order valence-corrected chi connectivity index (χ4v) is 2.42. The van der Waals surface area contributed by atoms with Crippen LogP contribution in [0.2, 0.25) is 0 Å². The van der Waals surface area contributed by atoms with Crippen LogP contribution in [-0.4, -0.2) is 19.9 Å². The molecule has 2 aromatic carbocycles. The third kappa shape index (κ3) is 4.98. The van der Waals surface area contributed by atoms with Crippen LogP contribution < -0.4 is 14.9 Å². The van der Waals surface area contributed by atoms with Crippen molar-refractivity contribution >= 4 is 43.8 Å². The van der Waals surface area contributed by atoms with Crippen LogP contribution in [0.3, 0.4) is 0 Å². The van der Waals surface area contributed by atoms with E-state index in [0.717, 1.165) is 20.2 Å². The Balaban J connectivity index is 2.14. The summed E-state index contributed by atoms with van der Waals surface area (Å²) in [6, 6.07) is 13.1. The molecule has 23 heavy (non-hydrogen) atoms. The second-order valence-corrected chi connectivity index (χ2v) is 6.12. The summed E-state index contributed by atoms with van der Waals surface area (Å²) in [5, 5.41) is 12.8. The van der Waals surface area contributed by atoms with Gasteiger partial charge in [0.1, 0.15) is 6.07 Å². The maximum absolute atomic E-state index is 8.60. The highest BCUT2D eigenvalue weighted by Gasteiger charge is 2.09. The predicted octanol–water partition coefficient (Wildman–Crippen LogP) is 4.57. The number of rotatable bonds is 6. The summed E-state index contributed by atoms with van der Waals surface area (Å²) in [5.41, 5.74) is 4.64. The van der Waals surface area contributed by atoms with E-state index in [1.165, 1.54) is 0 Å². The largest absolute Gasteiger partial charge is 0.493 e. The second kappa shape index (κ2) is 8.56. The lowest BCUT2D eigenvalue weighted by atomic mass is 10.2. The molecule has 0 aliphatic carbocycles. The number of nitrogens with zero attached hydrogens (tertiary/aromatic N) is 2. The molecule has 0 bridgehead atoms. The van der Waals surface area contributed by atoms with Gasteiger partial charge in [-0.25, -0.2) is 0 Å². The van der Waals surface area contributed by atoms with Crippen molar-refractivity contribution < 1.29 is 9.47 Å². The lowest BCUT2D eigenvalue weighted by Crippen LogP contribution is -1.99. The van der Waals surface area contributed by atoms with Gasteiger partial charge in [0.2, 0.25) is 0 Å². The highest BCUT2D eigenvalue weighted by molar-refractivity contribution is 9.10. The molecule has 118 valence electrons. The maximum Gasteiger partial charge on any atom is 0.174 e. The van der Waals surface area contributed by atoms with E-state index in [0.29, 0.717) is 11.5 Å². The monoisotopic (exact) mass is 437 g/mol. The minimum atomic E-state index is -0.0403. The summed E-state index contributed by atoms with van der Waals surface area (Å²) in [7, 11) is 1.55. The number of methoxy groups -OCH3 is 1. The Morgan fingerprint density at radius 1 is 1.22 bits per heavy atom. The molecule has 0 aliphatic rings. The van der Waals surface area contributed by atoms with Crippen LogP contribution in [0.25, 0.3) is 0 Å². The molecule has 0 saturated heterocycles. The predicted molar refractivity (Wildman–Crippen MR) is 97.2 cm³/mol. The summed E-state index contributed by atoms with van der Waals surface area (Å²) in [4.78, 5) is 0. The SMILES string of the molecule is COc1cc(/C=N\Nc2ccc(Br)cc2)c(Br)cc1OCC#N. The van der Waals surface area contributed by atoms with Crippen molar-refractivity contribution in [1.29, 1.82) is 5.26 Å². The lowest BCUT2D eigenvalue weighted by molar-refractivity contribution is 0.329. The fraction of sp³-hybridized carbons (Fsp3) is 0.125. The quantitative estimate of drug-likeness (QED) is 0.529. The molecule has 0 atom stereocenters. The molecule has 2 rings (SSSR count). The molecule has 0 spiro atoms. The van der Waals surface area contributed by atoms with Gasteiger partial charge in [-0.2, -0.15) is 10.4 Å². The number of hydrogen-bond donors (Lipinski definition) is 1. The highest BCUT2D eigenvalue weighted by Crippen LogP contribution is 2.32. The number of ether oxygens (including phenoxy) is 2. The average molecular weight is 439 g/mol. The number of hydrazone groups is 1. The summed E-state index contributed by atoms with van der Waals surface area (Å²) < 4.78 is 12.4. The number of nitriles is 1. The van der Waals surface area contributed by atoms with Gasteiger partial charge >= 0.3 is 0 Å². The van der Waals surface area contributed by atoms with Crippen molar-refractivity contribution in [3.63, 3.8) is 0 Å². The van der Waals surface area contributed by atoms with Gasteiger partial charge in [-0.3, -0.25) is 5.43 Å². The van der Waals surface area contributed by atoms with Gasteiger partial charge in [0.25, 0.3) is 0 Å². The van der Waals surface area contributed by atoms with E-state index in [9.17, 15) is 0 Å². The summed E-state index contributed by atoms with van der Waals surface area (Å²) in [6.07, 6.45) is 1.67. The van der Waals surface area contributed by atoms with Crippen LogP contribution >= 0.6 is 31.9 Å². The third-order valence-electron chi connectivity index (χ3n) is 2.82. The molecular formula is C16H13Br2N3O2. The number of nitrogens with one attached hydrogen (secondary N) is 1. The fourth-order valence-electron chi connectivity index (χ4n) is 1.73. The van der Waals surface area contributed by atoms with Crippen molar-refractivity contribution in [2.24, 2.45) is 5.10 Å². The molecule has 0 saturated carbocycles. The average Bonchev–Trinajstić information content (AvgIpc) is 2.56. The Morgan fingerprint density at radius 3 is 2.61 bits per heavy atom. The zero-order chi connectivity index (χ0) is 16.7. The van der Waals surface area contributed by atoms with E-state index in [-0.39, 0.29) is 6.61 Å².